The van der Waals surface area contributed by atoms with Gasteiger partial charge in [0.1, 0.15) is 0 Å². The molecule has 0 radical (unpaired) electrons. The number of rotatable bonds is 2. The van der Waals surface area contributed by atoms with Crippen molar-refractivity contribution in [3.63, 3.8) is 0 Å². The molecule has 1 heterocycles. The molecule has 0 saturated carbocycles. The van der Waals surface area contributed by atoms with Gasteiger partial charge in [0, 0.05) is 12.6 Å². The third-order valence-corrected chi connectivity index (χ3v) is 2.24. The highest BCUT2D eigenvalue weighted by Gasteiger charge is 2.17. The van der Waals surface area contributed by atoms with Gasteiger partial charge in [0.15, 0.2) is 0 Å². The van der Waals surface area contributed by atoms with Crippen molar-refractivity contribution in [1.29, 1.82) is 0 Å². The quantitative estimate of drug-likeness (QED) is 0.643. The lowest BCUT2D eigenvalue weighted by Crippen LogP contribution is -2.25. The van der Waals surface area contributed by atoms with Crippen LogP contribution in [0.25, 0.3) is 0 Å². The van der Waals surface area contributed by atoms with E-state index in [2.05, 4.69) is 22.9 Å². The van der Waals surface area contributed by atoms with Crippen molar-refractivity contribution in [2.24, 2.45) is 0 Å². The Morgan fingerprint density at radius 2 is 2.09 bits per heavy atom. The van der Waals surface area contributed by atoms with Crippen LogP contribution in [0.4, 0.5) is 0 Å². The van der Waals surface area contributed by atoms with Crippen LogP contribution in [0.3, 0.4) is 0 Å². The lowest BCUT2D eigenvalue weighted by molar-refractivity contribution is 0.409. The van der Waals surface area contributed by atoms with E-state index in [1.54, 1.807) is 11.9 Å². The molecule has 1 fully saturated rings. The van der Waals surface area contributed by atoms with Gasteiger partial charge in [-0.05, 0) is 26.3 Å². The Kier molecular flexibility index (Phi) is 7.12. The van der Waals surface area contributed by atoms with Crippen molar-refractivity contribution in [2.45, 2.75) is 26.3 Å². The molecule has 68 valence electrons. The summed E-state index contributed by atoms with van der Waals surface area (Å²) >= 11 is 1.72. The Morgan fingerprint density at radius 3 is 2.45 bits per heavy atom. The average Bonchev–Trinajstić information content (AvgIpc) is 2.41. The van der Waals surface area contributed by atoms with Gasteiger partial charge in [0.05, 0.1) is 0 Å². The molecule has 1 aliphatic rings. The van der Waals surface area contributed by atoms with E-state index in [-0.39, 0.29) is 0 Å². The van der Waals surface area contributed by atoms with Gasteiger partial charge in [-0.15, -0.1) is 0 Å². The summed E-state index contributed by atoms with van der Waals surface area (Å²) in [5.74, 6) is 0. The Morgan fingerprint density at radius 1 is 1.45 bits per heavy atom. The molecule has 0 aliphatic carbocycles. The molecular weight excluding hydrogens is 156 g/mol. The predicted molar refractivity (Wildman–Crippen MR) is 53.9 cm³/mol. The molecule has 0 amide bonds. The van der Waals surface area contributed by atoms with Gasteiger partial charge in [0.2, 0.25) is 0 Å². The van der Waals surface area contributed by atoms with Crippen LogP contribution in [0.15, 0.2) is 0 Å². The van der Waals surface area contributed by atoms with E-state index in [1.807, 2.05) is 13.8 Å². The largest absolute Gasteiger partial charge is 0.305 e. The molecule has 0 spiro atoms. The van der Waals surface area contributed by atoms with E-state index in [4.69, 9.17) is 0 Å². The van der Waals surface area contributed by atoms with Crippen LogP contribution >= 0.6 is 11.9 Å². The zero-order valence-electron chi connectivity index (χ0n) is 8.05. The molecular formula is C8H20N2S. The van der Waals surface area contributed by atoms with Crippen LogP contribution in [0.2, 0.25) is 0 Å². The first kappa shape index (κ1) is 11.3. The SMILES string of the molecule is CC.CSNC1CCN(C)C1. The maximum absolute atomic E-state index is 3.35. The predicted octanol–water partition coefficient (Wildman–Crippen LogP) is 1.58. The smallest absolute Gasteiger partial charge is 0.0311 e. The van der Waals surface area contributed by atoms with Crippen molar-refractivity contribution in [3.05, 3.63) is 0 Å². The molecule has 1 rings (SSSR count). The molecule has 0 aromatic heterocycles. The topological polar surface area (TPSA) is 15.3 Å². The monoisotopic (exact) mass is 176 g/mol. The summed E-state index contributed by atoms with van der Waals surface area (Å²) in [5, 5.41) is 0. The van der Waals surface area contributed by atoms with Gasteiger partial charge in [-0.2, -0.15) is 0 Å². The maximum Gasteiger partial charge on any atom is 0.0311 e. The normalized spacial score (nSPS) is 24.5. The first-order valence-electron chi connectivity index (χ1n) is 4.30. The van der Waals surface area contributed by atoms with E-state index >= 15 is 0 Å². The first-order chi connectivity index (χ1) is 5.33. The molecule has 0 bridgehead atoms. The summed E-state index contributed by atoms with van der Waals surface area (Å²) in [7, 11) is 2.17. The summed E-state index contributed by atoms with van der Waals surface area (Å²) in [6.45, 7) is 6.46. The van der Waals surface area contributed by atoms with Crippen LogP contribution in [-0.2, 0) is 0 Å². The molecule has 1 N–H and O–H groups in total. The van der Waals surface area contributed by atoms with Gasteiger partial charge in [-0.1, -0.05) is 25.8 Å². The van der Waals surface area contributed by atoms with Gasteiger partial charge in [-0.3, -0.25) is 4.72 Å². The molecule has 1 unspecified atom stereocenters. The number of hydrogen-bond donors (Lipinski definition) is 1. The Hall–Kier alpha value is 0.270. The Labute approximate surface area is 74.9 Å². The van der Waals surface area contributed by atoms with Gasteiger partial charge in [-0.25, -0.2) is 0 Å². The van der Waals surface area contributed by atoms with Crippen molar-refractivity contribution < 1.29 is 0 Å². The van der Waals surface area contributed by atoms with E-state index in [0.29, 0.717) is 0 Å². The number of likely N-dealkylation sites (N-methyl/N-ethyl adjacent to an activating group) is 1. The Bertz CT molecular complexity index is 86.2. The standard InChI is InChI=1S/C6H14N2S.C2H6/c1-8-4-3-6(5-8)7-9-2;1-2/h6-7H,3-5H2,1-2H3;1-2H3. The van der Waals surface area contributed by atoms with E-state index < -0.39 is 0 Å². The fourth-order valence-corrected chi connectivity index (χ4v) is 1.72. The van der Waals surface area contributed by atoms with Crippen molar-refractivity contribution in [3.8, 4) is 0 Å². The highest BCUT2D eigenvalue weighted by Crippen LogP contribution is 2.07. The summed E-state index contributed by atoms with van der Waals surface area (Å²) in [5.41, 5.74) is 0. The third kappa shape index (κ3) is 4.67. The lowest BCUT2D eigenvalue weighted by atomic mass is 10.3. The molecule has 3 heteroatoms. The third-order valence-electron chi connectivity index (χ3n) is 1.68. The van der Waals surface area contributed by atoms with Crippen LogP contribution in [-0.4, -0.2) is 37.3 Å². The van der Waals surface area contributed by atoms with Crippen molar-refractivity contribution in [2.75, 3.05) is 26.4 Å². The van der Waals surface area contributed by atoms with Gasteiger partial charge < -0.3 is 4.90 Å². The highest BCUT2D eigenvalue weighted by atomic mass is 32.2. The fraction of sp³-hybridized carbons (Fsp3) is 1.00. The molecule has 0 aromatic rings. The molecule has 1 aliphatic heterocycles. The minimum absolute atomic E-state index is 0.727. The molecule has 1 atom stereocenters. The van der Waals surface area contributed by atoms with Crippen LogP contribution in [0.5, 0.6) is 0 Å². The second-order valence-corrected chi connectivity index (χ2v) is 3.21. The van der Waals surface area contributed by atoms with E-state index in [9.17, 15) is 0 Å². The van der Waals surface area contributed by atoms with E-state index in [1.165, 1.54) is 19.5 Å². The Balaban J connectivity index is 0.000000461. The zero-order valence-corrected chi connectivity index (χ0v) is 8.87. The van der Waals surface area contributed by atoms with Crippen molar-refractivity contribution in [1.82, 2.24) is 9.62 Å². The second kappa shape index (κ2) is 6.95. The number of nitrogens with zero attached hydrogens (tertiary/aromatic N) is 1. The minimum atomic E-state index is 0.727. The van der Waals surface area contributed by atoms with Gasteiger partial charge in [0.25, 0.3) is 0 Å². The second-order valence-electron chi connectivity index (χ2n) is 2.57. The number of hydrogen-bond acceptors (Lipinski definition) is 3. The molecule has 0 aromatic carbocycles. The minimum Gasteiger partial charge on any atom is -0.305 e. The molecule has 1 saturated heterocycles. The zero-order chi connectivity index (χ0) is 8.69. The highest BCUT2D eigenvalue weighted by molar-refractivity contribution is 7.96. The van der Waals surface area contributed by atoms with Crippen LogP contribution in [0, 0.1) is 0 Å². The molecule has 2 nitrogen and oxygen atoms in total. The summed E-state index contributed by atoms with van der Waals surface area (Å²) < 4.78 is 3.35. The lowest BCUT2D eigenvalue weighted by Gasteiger charge is -2.08. The number of likely N-dealkylation sites (tertiary alicyclic amines) is 1. The first-order valence-corrected chi connectivity index (χ1v) is 5.52. The van der Waals surface area contributed by atoms with Crippen LogP contribution < -0.4 is 4.72 Å². The maximum atomic E-state index is 3.35. The van der Waals surface area contributed by atoms with Crippen LogP contribution in [0.1, 0.15) is 20.3 Å². The average molecular weight is 176 g/mol. The molecule has 11 heavy (non-hydrogen) atoms. The van der Waals surface area contributed by atoms with Gasteiger partial charge >= 0.3 is 0 Å². The summed E-state index contributed by atoms with van der Waals surface area (Å²) in [6, 6.07) is 0.727. The van der Waals surface area contributed by atoms with Crippen molar-refractivity contribution >= 4 is 11.9 Å². The summed E-state index contributed by atoms with van der Waals surface area (Å²) in [6.07, 6.45) is 3.38. The summed E-state index contributed by atoms with van der Waals surface area (Å²) in [4.78, 5) is 2.36. The van der Waals surface area contributed by atoms with E-state index in [0.717, 1.165) is 6.04 Å². The number of nitrogens with one attached hydrogen (secondary N) is 1. The fourth-order valence-electron chi connectivity index (χ4n) is 1.20.